The molecule has 18 heavy (non-hydrogen) atoms. The van der Waals surface area contributed by atoms with E-state index in [1.54, 1.807) is 7.11 Å². The van der Waals surface area contributed by atoms with Crippen LogP contribution in [0, 0.1) is 20.8 Å². The van der Waals surface area contributed by atoms with Gasteiger partial charge in [-0.15, -0.1) is 0 Å². The third kappa shape index (κ3) is 4.41. The van der Waals surface area contributed by atoms with Crippen molar-refractivity contribution in [2.24, 2.45) is 0 Å². The van der Waals surface area contributed by atoms with E-state index >= 15 is 0 Å². The van der Waals surface area contributed by atoms with E-state index in [0.717, 1.165) is 6.54 Å². The van der Waals surface area contributed by atoms with Crippen LogP contribution in [0.5, 0.6) is 0 Å². The Hall–Kier alpha value is -0.900. The fraction of sp³-hybridized carbons (Fsp3) is 0.600. The molecule has 0 spiro atoms. The zero-order valence-electron chi connectivity index (χ0n) is 12.2. The number of benzene rings is 1. The first-order valence-corrected chi connectivity index (χ1v) is 6.36. The maximum Gasteiger partial charge on any atom is 0.0900 e. The van der Waals surface area contributed by atoms with Gasteiger partial charge in [0.2, 0.25) is 0 Å². The fourth-order valence-electron chi connectivity index (χ4n) is 2.15. The van der Waals surface area contributed by atoms with Gasteiger partial charge in [-0.2, -0.15) is 0 Å². The average molecular weight is 251 g/mol. The summed E-state index contributed by atoms with van der Waals surface area (Å²) < 4.78 is 4.94. The van der Waals surface area contributed by atoms with Gasteiger partial charge in [0.1, 0.15) is 0 Å². The molecule has 0 radical (unpaired) electrons. The topological polar surface area (TPSA) is 32.7 Å². The van der Waals surface area contributed by atoms with Crippen molar-refractivity contribution >= 4 is 0 Å². The molecule has 1 N–H and O–H groups in total. The molecule has 0 aliphatic rings. The van der Waals surface area contributed by atoms with Crippen molar-refractivity contribution in [3.8, 4) is 0 Å². The molecule has 1 atom stereocenters. The highest BCUT2D eigenvalue weighted by molar-refractivity contribution is 5.36. The van der Waals surface area contributed by atoms with Gasteiger partial charge in [0, 0.05) is 20.2 Å². The largest absolute Gasteiger partial charge is 0.389 e. The number of methoxy groups -OCH3 is 1. The minimum atomic E-state index is -0.424. The van der Waals surface area contributed by atoms with Crippen LogP contribution in [-0.2, 0) is 11.3 Å². The molecular weight excluding hydrogens is 226 g/mol. The van der Waals surface area contributed by atoms with Crippen molar-refractivity contribution in [3.63, 3.8) is 0 Å². The van der Waals surface area contributed by atoms with Gasteiger partial charge in [0.15, 0.2) is 0 Å². The summed E-state index contributed by atoms with van der Waals surface area (Å²) in [6.45, 7) is 8.28. The van der Waals surface area contributed by atoms with E-state index < -0.39 is 6.10 Å². The second-order valence-corrected chi connectivity index (χ2v) is 5.17. The molecule has 3 heteroatoms. The van der Waals surface area contributed by atoms with E-state index in [2.05, 4.69) is 37.8 Å². The molecule has 1 unspecified atom stereocenters. The van der Waals surface area contributed by atoms with Gasteiger partial charge >= 0.3 is 0 Å². The summed E-state index contributed by atoms with van der Waals surface area (Å²) in [5, 5.41) is 9.70. The first-order valence-electron chi connectivity index (χ1n) is 6.36. The Kier molecular flexibility index (Phi) is 5.79. The Labute approximate surface area is 110 Å². The lowest BCUT2D eigenvalue weighted by Crippen LogP contribution is -2.31. The highest BCUT2D eigenvalue weighted by atomic mass is 16.5. The van der Waals surface area contributed by atoms with Crippen LogP contribution in [0.4, 0.5) is 0 Å². The first-order chi connectivity index (χ1) is 8.43. The zero-order valence-corrected chi connectivity index (χ0v) is 12.2. The smallest absolute Gasteiger partial charge is 0.0900 e. The molecule has 3 nitrogen and oxygen atoms in total. The third-order valence-electron chi connectivity index (χ3n) is 3.27. The molecule has 0 aliphatic heterocycles. The number of aliphatic hydroxyl groups excluding tert-OH is 1. The summed E-state index contributed by atoms with van der Waals surface area (Å²) in [5.74, 6) is 0. The number of likely N-dealkylation sites (N-methyl/N-ethyl adjacent to an activating group) is 1. The highest BCUT2D eigenvalue weighted by Gasteiger charge is 2.10. The number of rotatable bonds is 6. The van der Waals surface area contributed by atoms with Gasteiger partial charge in [0.25, 0.3) is 0 Å². The Morgan fingerprint density at radius 3 is 2.39 bits per heavy atom. The summed E-state index contributed by atoms with van der Waals surface area (Å²) in [7, 11) is 3.63. The van der Waals surface area contributed by atoms with Crippen LogP contribution in [0.2, 0.25) is 0 Å². The van der Waals surface area contributed by atoms with Crippen LogP contribution in [0.25, 0.3) is 0 Å². The Morgan fingerprint density at radius 1 is 1.17 bits per heavy atom. The lowest BCUT2D eigenvalue weighted by molar-refractivity contribution is 0.0418. The van der Waals surface area contributed by atoms with E-state index in [-0.39, 0.29) is 0 Å². The Bertz CT molecular complexity index is 390. The van der Waals surface area contributed by atoms with Crippen molar-refractivity contribution in [1.29, 1.82) is 0 Å². The van der Waals surface area contributed by atoms with Crippen LogP contribution in [-0.4, -0.2) is 43.4 Å². The van der Waals surface area contributed by atoms with Crippen molar-refractivity contribution < 1.29 is 9.84 Å². The normalized spacial score (nSPS) is 13.1. The third-order valence-corrected chi connectivity index (χ3v) is 3.27. The molecule has 0 bridgehead atoms. The molecule has 0 saturated heterocycles. The molecule has 1 aromatic carbocycles. The molecule has 0 fully saturated rings. The molecular formula is C15H25NO2. The van der Waals surface area contributed by atoms with Crippen molar-refractivity contribution in [2.45, 2.75) is 33.4 Å². The molecule has 1 rings (SSSR count). The number of aliphatic hydroxyl groups is 1. The van der Waals surface area contributed by atoms with Crippen LogP contribution in [0.15, 0.2) is 12.1 Å². The lowest BCUT2D eigenvalue weighted by Gasteiger charge is -2.21. The molecule has 0 aromatic heterocycles. The summed E-state index contributed by atoms with van der Waals surface area (Å²) in [4.78, 5) is 2.13. The van der Waals surface area contributed by atoms with Crippen LogP contribution in [0.1, 0.15) is 22.3 Å². The van der Waals surface area contributed by atoms with Crippen LogP contribution < -0.4 is 0 Å². The predicted octanol–water partition coefficient (Wildman–Crippen LogP) is 2.05. The Balaban J connectivity index is 2.64. The van der Waals surface area contributed by atoms with Gasteiger partial charge in [-0.3, -0.25) is 4.90 Å². The van der Waals surface area contributed by atoms with Gasteiger partial charge in [0.05, 0.1) is 12.7 Å². The first kappa shape index (κ1) is 15.2. The molecule has 0 heterocycles. The minimum Gasteiger partial charge on any atom is -0.389 e. The molecule has 102 valence electrons. The molecule has 0 aliphatic carbocycles. The van der Waals surface area contributed by atoms with Crippen LogP contribution in [0.3, 0.4) is 0 Å². The van der Waals surface area contributed by atoms with Gasteiger partial charge in [-0.25, -0.2) is 0 Å². The van der Waals surface area contributed by atoms with Gasteiger partial charge in [-0.05, 0) is 50.1 Å². The quantitative estimate of drug-likeness (QED) is 0.840. The predicted molar refractivity (Wildman–Crippen MR) is 74.9 cm³/mol. The maximum atomic E-state index is 9.70. The number of hydrogen-bond donors (Lipinski definition) is 1. The number of ether oxygens (including phenoxy) is 1. The van der Waals surface area contributed by atoms with E-state index in [1.807, 2.05) is 7.05 Å². The molecule has 0 saturated carbocycles. The van der Waals surface area contributed by atoms with Crippen molar-refractivity contribution in [2.75, 3.05) is 27.3 Å². The number of nitrogens with zero attached hydrogens (tertiary/aromatic N) is 1. The second kappa shape index (κ2) is 6.88. The van der Waals surface area contributed by atoms with E-state index in [1.165, 1.54) is 22.3 Å². The fourth-order valence-corrected chi connectivity index (χ4v) is 2.15. The Morgan fingerprint density at radius 2 is 1.78 bits per heavy atom. The highest BCUT2D eigenvalue weighted by Crippen LogP contribution is 2.16. The number of aryl methyl sites for hydroxylation is 3. The standard InChI is InChI=1S/C15H25NO2/c1-11-6-13(3)14(7-12(11)2)8-16(4)9-15(17)10-18-5/h6-7,15,17H,8-10H2,1-5H3. The second-order valence-electron chi connectivity index (χ2n) is 5.17. The molecule has 1 aromatic rings. The van der Waals surface area contributed by atoms with Gasteiger partial charge < -0.3 is 9.84 Å². The SMILES string of the molecule is COCC(O)CN(C)Cc1cc(C)c(C)cc1C. The lowest BCUT2D eigenvalue weighted by atomic mass is 10.0. The van der Waals surface area contributed by atoms with E-state index in [0.29, 0.717) is 13.2 Å². The average Bonchev–Trinajstić information content (AvgIpc) is 2.26. The van der Waals surface area contributed by atoms with Crippen molar-refractivity contribution in [1.82, 2.24) is 4.90 Å². The van der Waals surface area contributed by atoms with E-state index in [4.69, 9.17) is 4.74 Å². The van der Waals surface area contributed by atoms with Crippen molar-refractivity contribution in [3.05, 3.63) is 34.4 Å². The summed E-state index contributed by atoms with van der Waals surface area (Å²) in [6.07, 6.45) is -0.424. The van der Waals surface area contributed by atoms with E-state index in [9.17, 15) is 5.11 Å². The monoisotopic (exact) mass is 251 g/mol. The summed E-state index contributed by atoms with van der Waals surface area (Å²) in [6, 6.07) is 4.47. The maximum absolute atomic E-state index is 9.70. The van der Waals surface area contributed by atoms with Gasteiger partial charge in [-0.1, -0.05) is 12.1 Å². The molecule has 0 amide bonds. The number of hydrogen-bond acceptors (Lipinski definition) is 3. The summed E-state index contributed by atoms with van der Waals surface area (Å²) in [5.41, 5.74) is 5.29. The minimum absolute atomic E-state index is 0.385. The summed E-state index contributed by atoms with van der Waals surface area (Å²) >= 11 is 0. The van der Waals surface area contributed by atoms with Crippen LogP contribution >= 0.6 is 0 Å². The zero-order chi connectivity index (χ0) is 13.7.